The Labute approximate surface area is 104 Å². The summed E-state index contributed by atoms with van der Waals surface area (Å²) in [5.41, 5.74) is 5.49. The lowest BCUT2D eigenvalue weighted by molar-refractivity contribution is -0.133. The van der Waals surface area contributed by atoms with Crippen molar-refractivity contribution in [3.63, 3.8) is 0 Å². The van der Waals surface area contributed by atoms with Gasteiger partial charge in [0, 0.05) is 25.4 Å². The Balaban J connectivity index is 4.48. The van der Waals surface area contributed by atoms with E-state index >= 15 is 0 Å². The monoisotopic (exact) mass is 243 g/mol. The summed E-state index contributed by atoms with van der Waals surface area (Å²) < 4.78 is 0. The van der Waals surface area contributed by atoms with Crippen molar-refractivity contribution in [1.29, 1.82) is 0 Å². The fourth-order valence-electron chi connectivity index (χ4n) is 1.50. The average molecular weight is 243 g/mol. The molecule has 0 aliphatic rings. The Morgan fingerprint density at radius 2 is 2.00 bits per heavy atom. The lowest BCUT2D eigenvalue weighted by Crippen LogP contribution is -2.40. The van der Waals surface area contributed by atoms with E-state index in [0.29, 0.717) is 19.5 Å². The van der Waals surface area contributed by atoms with Crippen molar-refractivity contribution in [3.8, 4) is 0 Å². The maximum absolute atomic E-state index is 12.0. The lowest BCUT2D eigenvalue weighted by atomic mass is 9.91. The number of hydrogen-bond acceptors (Lipinski definition) is 3. The molecule has 0 radical (unpaired) electrons. The number of nitrogens with zero attached hydrogens (tertiary/aromatic N) is 2. The molecule has 5 heteroatoms. The maximum Gasteiger partial charge on any atom is 0.223 e. The molecule has 3 N–H and O–H groups in total. The van der Waals surface area contributed by atoms with Crippen LogP contribution < -0.4 is 5.73 Å². The minimum absolute atomic E-state index is 0.0235. The molecule has 17 heavy (non-hydrogen) atoms. The topological polar surface area (TPSA) is 78.9 Å². The SMILES string of the molecule is CCN(CC(C)/C(N)=N/O)C(=O)CC(C)(C)C. The molecule has 0 saturated heterocycles. The molecule has 1 amide bonds. The summed E-state index contributed by atoms with van der Waals surface area (Å²) in [4.78, 5) is 13.8. The minimum atomic E-state index is -0.135. The van der Waals surface area contributed by atoms with Crippen LogP contribution in [0.4, 0.5) is 0 Å². The molecule has 1 unspecified atom stereocenters. The molecule has 0 fully saturated rings. The number of carbonyl (C=O) groups is 1. The van der Waals surface area contributed by atoms with Crippen molar-refractivity contribution in [1.82, 2.24) is 4.90 Å². The zero-order valence-corrected chi connectivity index (χ0v) is 11.5. The largest absolute Gasteiger partial charge is 0.409 e. The zero-order chi connectivity index (χ0) is 13.6. The number of amidine groups is 1. The molecule has 0 heterocycles. The Hall–Kier alpha value is -1.26. The summed E-state index contributed by atoms with van der Waals surface area (Å²) in [7, 11) is 0. The second-order valence-electron chi connectivity index (χ2n) is 5.60. The van der Waals surface area contributed by atoms with Crippen molar-refractivity contribution in [2.75, 3.05) is 13.1 Å². The molecule has 0 bridgehead atoms. The van der Waals surface area contributed by atoms with E-state index in [2.05, 4.69) is 5.16 Å². The van der Waals surface area contributed by atoms with Gasteiger partial charge in [-0.25, -0.2) is 0 Å². The van der Waals surface area contributed by atoms with Gasteiger partial charge in [-0.1, -0.05) is 32.9 Å². The molecule has 0 saturated carbocycles. The molecule has 1 atom stereocenters. The predicted octanol–water partition coefficient (Wildman–Crippen LogP) is 1.65. The number of nitrogens with two attached hydrogens (primary N) is 1. The Morgan fingerprint density at radius 1 is 1.47 bits per heavy atom. The highest BCUT2D eigenvalue weighted by molar-refractivity contribution is 5.83. The van der Waals surface area contributed by atoms with E-state index < -0.39 is 0 Å². The molecule has 0 aromatic rings. The summed E-state index contributed by atoms with van der Waals surface area (Å²) in [6.45, 7) is 11.0. The van der Waals surface area contributed by atoms with Gasteiger partial charge in [-0.15, -0.1) is 0 Å². The average Bonchev–Trinajstić information content (AvgIpc) is 2.21. The molecular formula is C12H25N3O2. The van der Waals surface area contributed by atoms with E-state index in [1.165, 1.54) is 0 Å². The third kappa shape index (κ3) is 6.14. The van der Waals surface area contributed by atoms with E-state index in [1.807, 2.05) is 34.6 Å². The van der Waals surface area contributed by atoms with Crippen LogP contribution in [0.3, 0.4) is 0 Å². The quantitative estimate of drug-likeness (QED) is 0.333. The van der Waals surface area contributed by atoms with Gasteiger partial charge in [-0.3, -0.25) is 4.79 Å². The summed E-state index contributed by atoms with van der Waals surface area (Å²) in [6, 6.07) is 0. The van der Waals surface area contributed by atoms with E-state index in [0.717, 1.165) is 0 Å². The van der Waals surface area contributed by atoms with Gasteiger partial charge in [0.05, 0.1) is 0 Å². The van der Waals surface area contributed by atoms with Gasteiger partial charge in [-0.05, 0) is 12.3 Å². The van der Waals surface area contributed by atoms with Crippen LogP contribution in [0.2, 0.25) is 0 Å². The van der Waals surface area contributed by atoms with E-state index in [4.69, 9.17) is 10.9 Å². The first-order chi connectivity index (χ1) is 7.71. The predicted molar refractivity (Wildman–Crippen MR) is 68.9 cm³/mol. The van der Waals surface area contributed by atoms with Crippen molar-refractivity contribution >= 4 is 11.7 Å². The number of amides is 1. The van der Waals surface area contributed by atoms with Gasteiger partial charge >= 0.3 is 0 Å². The van der Waals surface area contributed by atoms with E-state index in [-0.39, 0.29) is 23.1 Å². The summed E-state index contributed by atoms with van der Waals surface area (Å²) in [5.74, 6) is 0.133. The maximum atomic E-state index is 12.0. The van der Waals surface area contributed by atoms with Crippen LogP contribution in [0, 0.1) is 11.3 Å². The Bertz CT molecular complexity index is 282. The molecule has 0 aliphatic carbocycles. The van der Waals surface area contributed by atoms with Crippen LogP contribution in [-0.2, 0) is 4.79 Å². The van der Waals surface area contributed by atoms with E-state index in [1.54, 1.807) is 4.90 Å². The second kappa shape index (κ2) is 6.47. The highest BCUT2D eigenvalue weighted by atomic mass is 16.4. The standard InChI is InChI=1S/C12H25N3O2/c1-6-15(8-9(2)11(13)14-17)10(16)7-12(3,4)5/h9,17H,6-8H2,1-5H3,(H2,13,14). The Kier molecular flexibility index (Phi) is 5.99. The summed E-state index contributed by atoms with van der Waals surface area (Å²) >= 11 is 0. The Morgan fingerprint density at radius 3 is 2.35 bits per heavy atom. The lowest BCUT2D eigenvalue weighted by Gasteiger charge is -2.27. The molecular weight excluding hydrogens is 218 g/mol. The molecule has 0 aromatic heterocycles. The van der Waals surface area contributed by atoms with Crippen LogP contribution >= 0.6 is 0 Å². The van der Waals surface area contributed by atoms with Crippen LogP contribution in [-0.4, -0.2) is 34.9 Å². The van der Waals surface area contributed by atoms with Gasteiger partial charge in [-0.2, -0.15) is 0 Å². The van der Waals surface area contributed by atoms with E-state index in [9.17, 15) is 4.79 Å². The first-order valence-corrected chi connectivity index (χ1v) is 5.96. The van der Waals surface area contributed by atoms with Gasteiger partial charge < -0.3 is 15.8 Å². The first-order valence-electron chi connectivity index (χ1n) is 5.96. The van der Waals surface area contributed by atoms with Crippen molar-refractivity contribution < 1.29 is 10.0 Å². The molecule has 0 aromatic carbocycles. The van der Waals surface area contributed by atoms with Crippen LogP contribution in [0.5, 0.6) is 0 Å². The van der Waals surface area contributed by atoms with Crippen molar-refractivity contribution in [2.24, 2.45) is 22.2 Å². The zero-order valence-electron chi connectivity index (χ0n) is 11.5. The second-order valence-corrected chi connectivity index (χ2v) is 5.60. The third-order valence-electron chi connectivity index (χ3n) is 2.53. The van der Waals surface area contributed by atoms with Crippen molar-refractivity contribution in [3.05, 3.63) is 0 Å². The molecule has 0 spiro atoms. The summed E-state index contributed by atoms with van der Waals surface area (Å²) in [6.07, 6.45) is 0.504. The highest BCUT2D eigenvalue weighted by Crippen LogP contribution is 2.20. The number of hydrogen-bond donors (Lipinski definition) is 2. The van der Waals surface area contributed by atoms with Crippen LogP contribution in [0.15, 0.2) is 5.16 Å². The van der Waals surface area contributed by atoms with Gasteiger partial charge in [0.1, 0.15) is 5.84 Å². The van der Waals surface area contributed by atoms with Crippen LogP contribution in [0.25, 0.3) is 0 Å². The fourth-order valence-corrected chi connectivity index (χ4v) is 1.50. The first kappa shape index (κ1) is 15.7. The fraction of sp³-hybridized carbons (Fsp3) is 0.833. The van der Waals surface area contributed by atoms with Crippen molar-refractivity contribution in [2.45, 2.75) is 41.0 Å². The number of carbonyl (C=O) groups excluding carboxylic acids is 1. The van der Waals surface area contributed by atoms with Gasteiger partial charge in [0.25, 0.3) is 0 Å². The molecule has 0 aliphatic heterocycles. The summed E-state index contributed by atoms with van der Waals surface area (Å²) in [5, 5.41) is 11.5. The molecule has 100 valence electrons. The molecule has 0 rings (SSSR count). The minimum Gasteiger partial charge on any atom is -0.409 e. The van der Waals surface area contributed by atoms with Crippen LogP contribution in [0.1, 0.15) is 41.0 Å². The number of oxime groups is 1. The smallest absolute Gasteiger partial charge is 0.223 e. The highest BCUT2D eigenvalue weighted by Gasteiger charge is 2.22. The normalized spacial score (nSPS) is 14.5. The van der Waals surface area contributed by atoms with Gasteiger partial charge in [0.2, 0.25) is 5.91 Å². The third-order valence-corrected chi connectivity index (χ3v) is 2.53. The van der Waals surface area contributed by atoms with Gasteiger partial charge in [0.15, 0.2) is 0 Å². The number of rotatable bonds is 5. The molecule has 5 nitrogen and oxygen atoms in total.